The van der Waals surface area contributed by atoms with Crippen LogP contribution in [0.1, 0.15) is 31.3 Å². The van der Waals surface area contributed by atoms with E-state index in [-0.39, 0.29) is 11.3 Å². The molecule has 0 bridgehead atoms. The number of benzene rings is 1. The van der Waals surface area contributed by atoms with Crippen LogP contribution >= 0.6 is 12.2 Å². The minimum atomic E-state index is -0.420. The van der Waals surface area contributed by atoms with E-state index in [1.165, 1.54) is 0 Å². The highest BCUT2D eigenvalue weighted by atomic mass is 32.1. The maximum Gasteiger partial charge on any atom is 0.305 e. The van der Waals surface area contributed by atoms with Crippen LogP contribution in [0.15, 0.2) is 28.7 Å². The molecule has 1 amide bonds. The van der Waals surface area contributed by atoms with E-state index in [4.69, 9.17) is 21.4 Å². The van der Waals surface area contributed by atoms with Gasteiger partial charge in [-0.2, -0.15) is 0 Å². The van der Waals surface area contributed by atoms with E-state index >= 15 is 0 Å². The third-order valence-corrected chi connectivity index (χ3v) is 2.93. The summed E-state index contributed by atoms with van der Waals surface area (Å²) in [5.74, 6) is 0.330. The number of carbonyl (C=O) groups is 1. The molecular weight excluding hydrogens is 302 g/mol. The number of amides is 1. The van der Waals surface area contributed by atoms with Crippen LogP contribution in [0.25, 0.3) is 11.0 Å². The molecule has 0 spiro atoms. The molecule has 22 heavy (non-hydrogen) atoms. The predicted octanol–water partition coefficient (Wildman–Crippen LogP) is 2.35. The number of fused-ring (bicyclic) bond motifs is 1. The van der Waals surface area contributed by atoms with Gasteiger partial charge in [0.05, 0.1) is 7.11 Å². The molecule has 0 radical (unpaired) electrons. The van der Waals surface area contributed by atoms with Gasteiger partial charge in [-0.15, -0.1) is 0 Å². The standard InChI is InChI=1S/C15H19N3O3S/c1-15(2,3)16-14(22)18-17-13(19)11-8-9-6-5-7-10(20-4)12(9)21-11/h5-8H,1-4H3,(H,17,19)(H2,16,18,22). The van der Waals surface area contributed by atoms with Crippen molar-refractivity contribution in [1.29, 1.82) is 0 Å². The van der Waals surface area contributed by atoms with E-state index in [0.29, 0.717) is 16.4 Å². The quantitative estimate of drug-likeness (QED) is 0.582. The second-order valence-electron chi connectivity index (χ2n) is 5.77. The average molecular weight is 321 g/mol. The molecule has 0 aliphatic carbocycles. The highest BCUT2D eigenvalue weighted by Gasteiger charge is 2.16. The van der Waals surface area contributed by atoms with Gasteiger partial charge in [0.25, 0.3) is 0 Å². The Labute approximate surface area is 134 Å². The topological polar surface area (TPSA) is 75.5 Å². The fraction of sp³-hybridized carbons (Fsp3) is 0.333. The van der Waals surface area contributed by atoms with Crippen LogP contribution in [0.4, 0.5) is 0 Å². The van der Waals surface area contributed by atoms with Crippen LogP contribution in [-0.2, 0) is 0 Å². The minimum Gasteiger partial charge on any atom is -0.493 e. The lowest BCUT2D eigenvalue weighted by Gasteiger charge is -2.22. The van der Waals surface area contributed by atoms with Crippen molar-refractivity contribution < 1.29 is 13.9 Å². The predicted molar refractivity (Wildman–Crippen MR) is 88.9 cm³/mol. The Morgan fingerprint density at radius 2 is 2.00 bits per heavy atom. The molecular formula is C15H19N3O3S. The third-order valence-electron chi connectivity index (χ3n) is 2.73. The molecule has 0 aliphatic rings. The first-order chi connectivity index (χ1) is 10.3. The zero-order chi connectivity index (χ0) is 16.3. The maximum absolute atomic E-state index is 12.1. The molecule has 0 saturated heterocycles. The first-order valence-corrected chi connectivity index (χ1v) is 7.16. The minimum absolute atomic E-state index is 0.172. The summed E-state index contributed by atoms with van der Waals surface area (Å²) in [5, 5.41) is 4.15. The molecule has 0 atom stereocenters. The molecule has 6 nitrogen and oxygen atoms in total. The average Bonchev–Trinajstić information content (AvgIpc) is 2.86. The maximum atomic E-state index is 12.1. The molecule has 2 rings (SSSR count). The summed E-state index contributed by atoms with van der Waals surface area (Å²) < 4.78 is 10.7. The van der Waals surface area contributed by atoms with Crippen molar-refractivity contribution in [3.05, 3.63) is 30.0 Å². The lowest BCUT2D eigenvalue weighted by molar-refractivity contribution is 0.0917. The van der Waals surface area contributed by atoms with Crippen LogP contribution in [0.5, 0.6) is 5.75 Å². The van der Waals surface area contributed by atoms with Crippen molar-refractivity contribution in [3.63, 3.8) is 0 Å². The van der Waals surface area contributed by atoms with Gasteiger partial charge < -0.3 is 14.5 Å². The number of hydrazine groups is 1. The van der Waals surface area contributed by atoms with Gasteiger partial charge in [-0.05, 0) is 45.1 Å². The number of thiocarbonyl (C=S) groups is 1. The number of hydrogen-bond acceptors (Lipinski definition) is 4. The Bertz CT molecular complexity index is 704. The first kappa shape index (κ1) is 16.1. The van der Waals surface area contributed by atoms with Crippen LogP contribution in [0.3, 0.4) is 0 Å². The van der Waals surface area contributed by atoms with Crippen LogP contribution in [0.2, 0.25) is 0 Å². The van der Waals surface area contributed by atoms with Gasteiger partial charge in [-0.25, -0.2) is 0 Å². The molecule has 1 aromatic carbocycles. The largest absolute Gasteiger partial charge is 0.493 e. The number of hydrogen-bond donors (Lipinski definition) is 3. The smallest absolute Gasteiger partial charge is 0.305 e. The Hall–Kier alpha value is -2.28. The molecule has 1 aromatic heterocycles. The number of ether oxygens (including phenoxy) is 1. The van der Waals surface area contributed by atoms with Crippen molar-refractivity contribution in [2.24, 2.45) is 0 Å². The molecule has 7 heteroatoms. The second kappa shape index (κ2) is 6.23. The summed E-state index contributed by atoms with van der Waals surface area (Å²) in [7, 11) is 1.55. The summed E-state index contributed by atoms with van der Waals surface area (Å²) in [6.07, 6.45) is 0. The van der Waals surface area contributed by atoms with Gasteiger partial charge in [0, 0.05) is 10.9 Å². The fourth-order valence-corrected chi connectivity index (χ4v) is 2.21. The van der Waals surface area contributed by atoms with E-state index in [0.717, 1.165) is 5.39 Å². The zero-order valence-corrected chi connectivity index (χ0v) is 13.8. The van der Waals surface area contributed by atoms with Crippen molar-refractivity contribution in [2.75, 3.05) is 7.11 Å². The van der Waals surface area contributed by atoms with E-state index in [2.05, 4.69) is 16.2 Å². The highest BCUT2D eigenvalue weighted by Crippen LogP contribution is 2.28. The van der Waals surface area contributed by atoms with Crippen molar-refractivity contribution in [3.8, 4) is 5.75 Å². The van der Waals surface area contributed by atoms with Crippen LogP contribution in [0, 0.1) is 0 Å². The Balaban J connectivity index is 2.06. The first-order valence-electron chi connectivity index (χ1n) is 6.75. The Morgan fingerprint density at radius 1 is 1.27 bits per heavy atom. The normalized spacial score (nSPS) is 11.1. The highest BCUT2D eigenvalue weighted by molar-refractivity contribution is 7.80. The van der Waals surface area contributed by atoms with E-state index < -0.39 is 5.91 Å². The van der Waals surface area contributed by atoms with Gasteiger partial charge in [0.15, 0.2) is 22.2 Å². The lowest BCUT2D eigenvalue weighted by atomic mass is 10.1. The molecule has 118 valence electrons. The second-order valence-corrected chi connectivity index (χ2v) is 6.18. The van der Waals surface area contributed by atoms with Gasteiger partial charge in [0.1, 0.15) is 0 Å². The molecule has 0 aliphatic heterocycles. The number of carbonyl (C=O) groups excluding carboxylic acids is 1. The monoisotopic (exact) mass is 321 g/mol. The Morgan fingerprint density at radius 3 is 2.64 bits per heavy atom. The van der Waals surface area contributed by atoms with E-state index in [1.54, 1.807) is 19.2 Å². The molecule has 1 heterocycles. The fourth-order valence-electron chi connectivity index (χ4n) is 1.86. The van der Waals surface area contributed by atoms with Crippen LogP contribution < -0.4 is 20.9 Å². The summed E-state index contributed by atoms with van der Waals surface area (Å²) in [5.41, 5.74) is 5.47. The van der Waals surface area contributed by atoms with Gasteiger partial charge >= 0.3 is 5.91 Å². The number of rotatable bonds is 2. The summed E-state index contributed by atoms with van der Waals surface area (Å²) in [4.78, 5) is 12.1. The van der Waals surface area contributed by atoms with Crippen molar-refractivity contribution >= 4 is 34.2 Å². The summed E-state index contributed by atoms with van der Waals surface area (Å²) in [6, 6.07) is 7.10. The molecule has 3 N–H and O–H groups in total. The SMILES string of the molecule is COc1cccc2cc(C(=O)NNC(=S)NC(C)(C)C)oc12. The third kappa shape index (κ3) is 3.88. The Kier molecular flexibility index (Phi) is 4.56. The van der Waals surface area contributed by atoms with Gasteiger partial charge in [-0.1, -0.05) is 12.1 Å². The molecule has 2 aromatic rings. The van der Waals surface area contributed by atoms with Crippen LogP contribution in [-0.4, -0.2) is 23.7 Å². The molecule has 0 saturated carbocycles. The van der Waals surface area contributed by atoms with Crippen molar-refractivity contribution in [1.82, 2.24) is 16.2 Å². The molecule has 0 fully saturated rings. The number of nitrogens with one attached hydrogen (secondary N) is 3. The number of para-hydroxylation sites is 1. The zero-order valence-electron chi connectivity index (χ0n) is 12.9. The van der Waals surface area contributed by atoms with Gasteiger partial charge in [0.2, 0.25) is 0 Å². The number of furan rings is 1. The molecule has 0 unspecified atom stereocenters. The summed E-state index contributed by atoms with van der Waals surface area (Å²) in [6.45, 7) is 5.90. The van der Waals surface area contributed by atoms with Gasteiger partial charge in [-0.3, -0.25) is 15.6 Å². The summed E-state index contributed by atoms with van der Waals surface area (Å²) >= 11 is 5.09. The lowest BCUT2D eigenvalue weighted by Crippen LogP contribution is -2.52. The van der Waals surface area contributed by atoms with Crippen molar-refractivity contribution in [2.45, 2.75) is 26.3 Å². The number of methoxy groups -OCH3 is 1. The van der Waals surface area contributed by atoms with E-state index in [9.17, 15) is 4.79 Å². The van der Waals surface area contributed by atoms with E-state index in [1.807, 2.05) is 32.9 Å².